The molecule has 0 aromatic heterocycles. The van der Waals surface area contributed by atoms with Crippen molar-refractivity contribution in [3.05, 3.63) is 0 Å². The highest BCUT2D eigenvalue weighted by Crippen LogP contribution is 2.50. The summed E-state index contributed by atoms with van der Waals surface area (Å²) in [5.41, 5.74) is 0. The van der Waals surface area contributed by atoms with Crippen LogP contribution in [0.4, 0.5) is 0 Å². The Hall–Kier alpha value is -0.0800. The van der Waals surface area contributed by atoms with Crippen LogP contribution >= 0.6 is 0 Å². The molecular weight excluding hydrogens is 284 g/mol. The molecule has 23 heavy (non-hydrogen) atoms. The Bertz CT molecular complexity index is 353. The van der Waals surface area contributed by atoms with E-state index in [9.17, 15) is 0 Å². The second-order valence-electron chi connectivity index (χ2n) is 8.72. The molecule has 0 heterocycles. The lowest BCUT2D eigenvalue weighted by molar-refractivity contribution is -0.229. The highest BCUT2D eigenvalue weighted by atomic mass is 16.7. The molecule has 0 aromatic rings. The molecule has 134 valence electrons. The molecule has 0 bridgehead atoms. The first kappa shape index (κ1) is 17.7. The quantitative estimate of drug-likeness (QED) is 0.596. The van der Waals surface area contributed by atoms with Crippen molar-refractivity contribution >= 4 is 0 Å². The van der Waals surface area contributed by atoms with Crippen LogP contribution in [0, 0.1) is 29.6 Å². The minimum Gasteiger partial charge on any atom is -0.353 e. The fraction of sp³-hybridized carbons (Fsp3) is 1.00. The van der Waals surface area contributed by atoms with E-state index in [1.54, 1.807) is 6.42 Å². The van der Waals surface area contributed by atoms with Crippen LogP contribution in [0.2, 0.25) is 0 Å². The summed E-state index contributed by atoms with van der Waals surface area (Å²) in [6, 6.07) is 0. The number of hydrogen-bond donors (Lipinski definition) is 0. The van der Waals surface area contributed by atoms with E-state index in [-0.39, 0.29) is 5.79 Å². The van der Waals surface area contributed by atoms with E-state index in [4.69, 9.17) is 9.47 Å². The SMILES string of the molecule is CCCC1CCC2CC(C3CCC(OC)(OC)CC3)CCC2C1. The van der Waals surface area contributed by atoms with Crippen LogP contribution < -0.4 is 0 Å². The minimum atomic E-state index is -0.272. The van der Waals surface area contributed by atoms with Crippen LogP contribution in [0.3, 0.4) is 0 Å². The lowest BCUT2D eigenvalue weighted by Crippen LogP contribution is -2.41. The Kier molecular flexibility index (Phi) is 6.07. The van der Waals surface area contributed by atoms with Crippen molar-refractivity contribution in [1.82, 2.24) is 0 Å². The largest absolute Gasteiger partial charge is 0.353 e. The zero-order valence-corrected chi connectivity index (χ0v) is 15.7. The van der Waals surface area contributed by atoms with Gasteiger partial charge in [0.25, 0.3) is 0 Å². The lowest BCUT2D eigenvalue weighted by atomic mass is 9.61. The molecule has 4 atom stereocenters. The molecule has 0 aliphatic heterocycles. The van der Waals surface area contributed by atoms with Crippen molar-refractivity contribution in [2.75, 3.05) is 14.2 Å². The fourth-order valence-corrected chi connectivity index (χ4v) is 6.16. The molecule has 0 spiro atoms. The van der Waals surface area contributed by atoms with Gasteiger partial charge in [-0.1, -0.05) is 26.2 Å². The van der Waals surface area contributed by atoms with Crippen LogP contribution in [0.1, 0.15) is 84.0 Å². The third-order valence-electron chi connectivity index (χ3n) is 7.66. The van der Waals surface area contributed by atoms with Crippen LogP contribution in [-0.4, -0.2) is 20.0 Å². The van der Waals surface area contributed by atoms with Gasteiger partial charge in [-0.25, -0.2) is 0 Å². The molecule has 3 aliphatic carbocycles. The van der Waals surface area contributed by atoms with E-state index in [1.807, 2.05) is 14.2 Å². The Morgan fingerprint density at radius 3 is 1.91 bits per heavy atom. The highest BCUT2D eigenvalue weighted by molar-refractivity contribution is 4.90. The van der Waals surface area contributed by atoms with E-state index >= 15 is 0 Å². The van der Waals surface area contributed by atoms with Crippen molar-refractivity contribution in [2.24, 2.45) is 29.6 Å². The molecule has 2 heteroatoms. The number of rotatable bonds is 5. The number of fused-ring (bicyclic) bond motifs is 1. The number of ether oxygens (including phenoxy) is 2. The van der Waals surface area contributed by atoms with Crippen LogP contribution in [0.5, 0.6) is 0 Å². The first-order valence-corrected chi connectivity index (χ1v) is 10.3. The molecule has 0 amide bonds. The topological polar surface area (TPSA) is 18.5 Å². The smallest absolute Gasteiger partial charge is 0.167 e. The van der Waals surface area contributed by atoms with Crippen molar-refractivity contribution in [2.45, 2.75) is 89.8 Å². The predicted octanol–water partition coefficient (Wildman–Crippen LogP) is 5.80. The average molecular weight is 323 g/mol. The van der Waals surface area contributed by atoms with E-state index in [1.165, 1.54) is 57.8 Å². The van der Waals surface area contributed by atoms with E-state index in [0.29, 0.717) is 0 Å². The Balaban J connectivity index is 1.49. The third kappa shape index (κ3) is 3.95. The second-order valence-corrected chi connectivity index (χ2v) is 8.72. The Morgan fingerprint density at radius 1 is 0.739 bits per heavy atom. The maximum absolute atomic E-state index is 5.66. The molecule has 3 aliphatic rings. The molecule has 3 fully saturated rings. The normalized spacial score (nSPS) is 38.2. The van der Waals surface area contributed by atoms with Gasteiger partial charge in [0.2, 0.25) is 0 Å². The van der Waals surface area contributed by atoms with Gasteiger partial charge in [-0.2, -0.15) is 0 Å². The van der Waals surface area contributed by atoms with E-state index in [2.05, 4.69) is 6.92 Å². The Labute approximate surface area is 143 Å². The summed E-state index contributed by atoms with van der Waals surface area (Å²) in [7, 11) is 3.62. The molecule has 4 unspecified atom stereocenters. The maximum Gasteiger partial charge on any atom is 0.167 e. The second kappa shape index (κ2) is 7.87. The van der Waals surface area contributed by atoms with Crippen molar-refractivity contribution in [3.63, 3.8) is 0 Å². The summed E-state index contributed by atoms with van der Waals surface area (Å²) in [6.07, 6.45) is 16.8. The predicted molar refractivity (Wildman–Crippen MR) is 95.3 cm³/mol. The monoisotopic (exact) mass is 322 g/mol. The van der Waals surface area contributed by atoms with E-state index in [0.717, 1.165) is 42.4 Å². The van der Waals surface area contributed by atoms with Gasteiger partial charge in [0.05, 0.1) is 0 Å². The van der Waals surface area contributed by atoms with Gasteiger partial charge in [0, 0.05) is 27.1 Å². The average Bonchev–Trinajstić information content (AvgIpc) is 2.61. The third-order valence-corrected chi connectivity index (χ3v) is 7.66. The first-order valence-electron chi connectivity index (χ1n) is 10.3. The zero-order chi connectivity index (χ0) is 16.3. The summed E-state index contributed by atoms with van der Waals surface area (Å²) in [4.78, 5) is 0. The summed E-state index contributed by atoms with van der Waals surface area (Å²) in [5, 5.41) is 0. The van der Waals surface area contributed by atoms with Crippen molar-refractivity contribution < 1.29 is 9.47 Å². The van der Waals surface area contributed by atoms with Crippen molar-refractivity contribution in [3.8, 4) is 0 Å². The Morgan fingerprint density at radius 2 is 1.30 bits per heavy atom. The van der Waals surface area contributed by atoms with Gasteiger partial charge in [0.15, 0.2) is 5.79 Å². The molecule has 0 aromatic carbocycles. The van der Waals surface area contributed by atoms with Crippen LogP contribution in [0.25, 0.3) is 0 Å². The van der Waals surface area contributed by atoms with Crippen LogP contribution in [-0.2, 0) is 9.47 Å². The number of hydrogen-bond acceptors (Lipinski definition) is 2. The maximum atomic E-state index is 5.66. The molecule has 0 radical (unpaired) electrons. The molecule has 2 nitrogen and oxygen atoms in total. The number of methoxy groups -OCH3 is 2. The molecular formula is C21H38O2. The van der Waals surface area contributed by atoms with Crippen LogP contribution in [0.15, 0.2) is 0 Å². The highest BCUT2D eigenvalue weighted by Gasteiger charge is 2.41. The summed E-state index contributed by atoms with van der Waals surface area (Å²) < 4.78 is 11.3. The fourth-order valence-electron chi connectivity index (χ4n) is 6.16. The molecule has 3 rings (SSSR count). The summed E-state index contributed by atoms with van der Waals surface area (Å²) in [6.45, 7) is 2.35. The molecule has 0 saturated heterocycles. The van der Waals surface area contributed by atoms with Gasteiger partial charge in [-0.15, -0.1) is 0 Å². The lowest BCUT2D eigenvalue weighted by Gasteiger charge is -2.46. The summed E-state index contributed by atoms with van der Waals surface area (Å²) >= 11 is 0. The van der Waals surface area contributed by atoms with Gasteiger partial charge in [-0.05, 0) is 74.5 Å². The van der Waals surface area contributed by atoms with Gasteiger partial charge in [0.1, 0.15) is 0 Å². The van der Waals surface area contributed by atoms with E-state index < -0.39 is 0 Å². The molecule has 3 saturated carbocycles. The zero-order valence-electron chi connectivity index (χ0n) is 15.7. The minimum absolute atomic E-state index is 0.272. The standard InChI is InChI=1S/C21H38O2/c1-4-5-16-6-7-20-15-19(9-8-18(20)14-16)17-10-12-21(22-2,23-3)13-11-17/h16-20H,4-15H2,1-3H3. The molecule has 0 N–H and O–H groups in total. The van der Waals surface area contributed by atoms with Gasteiger partial charge >= 0.3 is 0 Å². The first-order chi connectivity index (χ1) is 11.2. The van der Waals surface area contributed by atoms with Gasteiger partial charge < -0.3 is 9.47 Å². The summed E-state index contributed by atoms with van der Waals surface area (Å²) in [5.74, 6) is 4.83. The van der Waals surface area contributed by atoms with Gasteiger partial charge in [-0.3, -0.25) is 0 Å². The van der Waals surface area contributed by atoms with Crippen molar-refractivity contribution in [1.29, 1.82) is 0 Å².